The molecule has 2 aliphatic heterocycles. The first-order valence-corrected chi connectivity index (χ1v) is 7.40. The highest BCUT2D eigenvalue weighted by Crippen LogP contribution is 2.53. The summed E-state index contributed by atoms with van der Waals surface area (Å²) in [6, 6.07) is 0. The second-order valence-corrected chi connectivity index (χ2v) is 7.23. The maximum Gasteiger partial charge on any atom is 0.336 e. The Morgan fingerprint density at radius 3 is 2.65 bits per heavy atom. The first-order chi connectivity index (χ1) is 9.22. The van der Waals surface area contributed by atoms with E-state index in [0.717, 1.165) is 10.7 Å². The number of rotatable bonds is 3. The SMILES string of the molecule is CC(C)OC(=O)C1=C2SC(C)(C)C(=CC(=O)O)N2CC1. The van der Waals surface area contributed by atoms with E-state index in [1.54, 1.807) is 0 Å². The van der Waals surface area contributed by atoms with Crippen molar-refractivity contribution in [3.05, 3.63) is 22.4 Å². The van der Waals surface area contributed by atoms with Gasteiger partial charge in [-0.2, -0.15) is 0 Å². The van der Waals surface area contributed by atoms with Crippen molar-refractivity contribution in [3.63, 3.8) is 0 Å². The van der Waals surface area contributed by atoms with Crippen LogP contribution in [0.5, 0.6) is 0 Å². The van der Waals surface area contributed by atoms with Gasteiger partial charge in [0.05, 0.1) is 21.5 Å². The molecule has 0 amide bonds. The number of nitrogens with zero attached hydrogens (tertiary/aromatic N) is 1. The van der Waals surface area contributed by atoms with Gasteiger partial charge in [-0.15, -0.1) is 0 Å². The Hall–Kier alpha value is -1.43. The van der Waals surface area contributed by atoms with E-state index in [4.69, 9.17) is 9.84 Å². The number of hydrogen-bond acceptors (Lipinski definition) is 5. The van der Waals surface area contributed by atoms with Gasteiger partial charge < -0.3 is 14.7 Å². The van der Waals surface area contributed by atoms with E-state index in [-0.39, 0.29) is 16.8 Å². The molecule has 0 radical (unpaired) electrons. The van der Waals surface area contributed by atoms with Crippen molar-refractivity contribution in [2.45, 2.75) is 45.0 Å². The van der Waals surface area contributed by atoms with Crippen molar-refractivity contribution in [1.82, 2.24) is 4.90 Å². The molecule has 20 heavy (non-hydrogen) atoms. The average Bonchev–Trinajstić information content (AvgIpc) is 2.76. The lowest BCUT2D eigenvalue weighted by molar-refractivity contribution is -0.142. The van der Waals surface area contributed by atoms with E-state index in [0.29, 0.717) is 18.5 Å². The topological polar surface area (TPSA) is 66.8 Å². The smallest absolute Gasteiger partial charge is 0.336 e. The molecule has 2 rings (SSSR count). The zero-order valence-electron chi connectivity index (χ0n) is 12.1. The molecule has 0 spiro atoms. The highest BCUT2D eigenvalue weighted by Gasteiger charge is 2.45. The summed E-state index contributed by atoms with van der Waals surface area (Å²) < 4.78 is 4.90. The molecule has 110 valence electrons. The van der Waals surface area contributed by atoms with Crippen LogP contribution in [0.2, 0.25) is 0 Å². The average molecular weight is 297 g/mol. The zero-order valence-corrected chi connectivity index (χ0v) is 12.9. The molecule has 0 aromatic rings. The number of esters is 1. The van der Waals surface area contributed by atoms with Crippen LogP contribution in [0, 0.1) is 0 Å². The Labute approximate surface area is 122 Å². The second kappa shape index (κ2) is 5.16. The summed E-state index contributed by atoms with van der Waals surface area (Å²) in [6.07, 6.45) is 1.68. The molecular formula is C14H19NO4S. The first-order valence-electron chi connectivity index (χ1n) is 6.58. The van der Waals surface area contributed by atoms with Gasteiger partial charge in [-0.25, -0.2) is 9.59 Å². The molecule has 1 fully saturated rings. The molecule has 0 unspecified atom stereocenters. The van der Waals surface area contributed by atoms with E-state index in [2.05, 4.69) is 0 Å². The molecule has 1 saturated heterocycles. The third kappa shape index (κ3) is 2.70. The number of aliphatic carboxylic acids is 1. The Bertz CT molecular complexity index is 519. The second-order valence-electron chi connectivity index (χ2n) is 5.62. The summed E-state index contributed by atoms with van der Waals surface area (Å²) in [5.74, 6) is -1.26. The molecule has 0 aliphatic carbocycles. The van der Waals surface area contributed by atoms with E-state index < -0.39 is 5.97 Å². The standard InChI is InChI=1S/C14H19NO4S/c1-8(2)19-13(18)9-5-6-15-10(7-11(16)17)14(3,4)20-12(9)15/h7-8H,5-6H2,1-4H3,(H,16,17). The van der Waals surface area contributed by atoms with Crippen LogP contribution in [0.25, 0.3) is 0 Å². The quantitative estimate of drug-likeness (QED) is 0.637. The van der Waals surface area contributed by atoms with Crippen molar-refractivity contribution in [2.24, 2.45) is 0 Å². The Morgan fingerprint density at radius 2 is 2.10 bits per heavy atom. The Balaban J connectivity index is 2.35. The van der Waals surface area contributed by atoms with Gasteiger partial charge in [0.2, 0.25) is 0 Å². The normalized spacial score (nSPS) is 22.6. The first kappa shape index (κ1) is 15.0. The molecule has 0 saturated carbocycles. The molecule has 5 nitrogen and oxygen atoms in total. The third-order valence-electron chi connectivity index (χ3n) is 3.20. The highest BCUT2D eigenvalue weighted by atomic mass is 32.2. The molecule has 0 aromatic carbocycles. The van der Waals surface area contributed by atoms with Gasteiger partial charge in [-0.05, 0) is 27.7 Å². The minimum Gasteiger partial charge on any atom is -0.478 e. The summed E-state index contributed by atoms with van der Waals surface area (Å²) in [5.41, 5.74) is 1.39. The fraction of sp³-hybridized carbons (Fsp3) is 0.571. The summed E-state index contributed by atoms with van der Waals surface area (Å²) in [7, 11) is 0. The maximum atomic E-state index is 12.1. The van der Waals surface area contributed by atoms with Crippen LogP contribution in [0.15, 0.2) is 22.4 Å². The molecule has 1 N–H and O–H groups in total. The van der Waals surface area contributed by atoms with Gasteiger partial charge in [0.25, 0.3) is 0 Å². The van der Waals surface area contributed by atoms with Gasteiger partial charge in [-0.1, -0.05) is 11.8 Å². The zero-order chi connectivity index (χ0) is 15.1. The van der Waals surface area contributed by atoms with Gasteiger partial charge in [0, 0.05) is 24.7 Å². The predicted octanol–water partition coefficient (Wildman–Crippen LogP) is 2.35. The van der Waals surface area contributed by atoms with E-state index in [1.165, 1.54) is 17.8 Å². The van der Waals surface area contributed by atoms with Crippen LogP contribution >= 0.6 is 11.8 Å². The molecule has 0 bridgehead atoms. The number of thioether (sulfide) groups is 1. The number of carboxylic acid groups (broad SMARTS) is 1. The van der Waals surface area contributed by atoms with Crippen LogP contribution < -0.4 is 0 Å². The number of hydrogen-bond donors (Lipinski definition) is 1. The van der Waals surface area contributed by atoms with E-state index in [1.807, 2.05) is 32.6 Å². The largest absolute Gasteiger partial charge is 0.478 e. The van der Waals surface area contributed by atoms with Crippen molar-refractivity contribution in [1.29, 1.82) is 0 Å². The summed E-state index contributed by atoms with van der Waals surface area (Å²) in [6.45, 7) is 8.19. The van der Waals surface area contributed by atoms with Crippen LogP contribution in [0.4, 0.5) is 0 Å². The fourth-order valence-corrected chi connectivity index (χ4v) is 3.77. The summed E-state index contributed by atoms with van der Waals surface area (Å²) >= 11 is 1.53. The van der Waals surface area contributed by atoms with Gasteiger partial charge in [0.1, 0.15) is 0 Å². The molecule has 2 aliphatic rings. The van der Waals surface area contributed by atoms with Crippen LogP contribution in [0.1, 0.15) is 34.1 Å². The molecule has 0 aromatic heterocycles. The van der Waals surface area contributed by atoms with Crippen LogP contribution in [0.3, 0.4) is 0 Å². The Kier molecular flexibility index (Phi) is 3.86. The lowest BCUT2D eigenvalue weighted by atomic mass is 10.1. The predicted molar refractivity (Wildman–Crippen MR) is 77.0 cm³/mol. The van der Waals surface area contributed by atoms with Gasteiger partial charge in [0.15, 0.2) is 0 Å². The maximum absolute atomic E-state index is 12.1. The van der Waals surface area contributed by atoms with E-state index >= 15 is 0 Å². The molecular weight excluding hydrogens is 278 g/mol. The minimum atomic E-state index is -0.965. The van der Waals surface area contributed by atoms with Crippen molar-refractivity contribution in [3.8, 4) is 0 Å². The molecule has 0 atom stereocenters. The van der Waals surface area contributed by atoms with Crippen LogP contribution in [-0.2, 0) is 14.3 Å². The number of carboxylic acids is 1. The third-order valence-corrected chi connectivity index (χ3v) is 4.58. The lowest BCUT2D eigenvalue weighted by Gasteiger charge is -2.21. The minimum absolute atomic E-state index is 0.155. The van der Waals surface area contributed by atoms with E-state index in [9.17, 15) is 9.59 Å². The number of ether oxygens (including phenoxy) is 1. The monoisotopic (exact) mass is 297 g/mol. The Morgan fingerprint density at radius 1 is 1.45 bits per heavy atom. The fourth-order valence-electron chi connectivity index (χ4n) is 2.40. The lowest BCUT2D eigenvalue weighted by Crippen LogP contribution is -2.24. The number of carbonyl (C=O) groups excluding carboxylic acids is 1. The van der Waals surface area contributed by atoms with Gasteiger partial charge >= 0.3 is 11.9 Å². The molecule has 6 heteroatoms. The molecule has 2 heterocycles. The highest BCUT2D eigenvalue weighted by molar-refractivity contribution is 8.04. The number of fused-ring (bicyclic) bond motifs is 1. The number of carbonyl (C=O) groups is 2. The summed E-state index contributed by atoms with van der Waals surface area (Å²) in [4.78, 5) is 25.0. The summed E-state index contributed by atoms with van der Waals surface area (Å²) in [5, 5.41) is 9.84. The van der Waals surface area contributed by atoms with Crippen molar-refractivity contribution >= 4 is 23.7 Å². The van der Waals surface area contributed by atoms with Crippen molar-refractivity contribution in [2.75, 3.05) is 6.54 Å². The van der Waals surface area contributed by atoms with Crippen molar-refractivity contribution < 1.29 is 19.4 Å². The van der Waals surface area contributed by atoms with Gasteiger partial charge in [-0.3, -0.25) is 0 Å². The van der Waals surface area contributed by atoms with Crippen LogP contribution in [-0.4, -0.2) is 39.3 Å².